The largest absolute Gasteiger partial charge is 0.497 e. The lowest BCUT2D eigenvalue weighted by molar-refractivity contribution is -0.114. The predicted octanol–water partition coefficient (Wildman–Crippen LogP) is 2.81. The molecule has 1 aromatic heterocycles. The van der Waals surface area contributed by atoms with Crippen molar-refractivity contribution in [1.29, 1.82) is 0 Å². The van der Waals surface area contributed by atoms with Crippen LogP contribution in [0.5, 0.6) is 5.75 Å². The molecule has 4 nitrogen and oxygen atoms in total. The summed E-state index contributed by atoms with van der Waals surface area (Å²) in [5.41, 5.74) is 1.69. The highest BCUT2D eigenvalue weighted by molar-refractivity contribution is 7.08. The van der Waals surface area contributed by atoms with Crippen molar-refractivity contribution in [2.75, 3.05) is 24.3 Å². The van der Waals surface area contributed by atoms with Crippen LogP contribution >= 0.6 is 11.3 Å². The summed E-state index contributed by atoms with van der Waals surface area (Å²) in [6, 6.07) is 9.21. The zero-order valence-corrected chi connectivity index (χ0v) is 10.8. The molecule has 0 spiro atoms. The van der Waals surface area contributed by atoms with Gasteiger partial charge in [-0.1, -0.05) is 6.07 Å². The Morgan fingerprint density at radius 2 is 2.22 bits per heavy atom. The van der Waals surface area contributed by atoms with Gasteiger partial charge < -0.3 is 15.4 Å². The number of rotatable bonds is 5. The van der Waals surface area contributed by atoms with Crippen molar-refractivity contribution in [3.63, 3.8) is 0 Å². The maximum atomic E-state index is 11.7. The highest BCUT2D eigenvalue weighted by atomic mass is 32.1. The summed E-state index contributed by atoms with van der Waals surface area (Å²) < 4.78 is 5.09. The molecule has 5 heteroatoms. The van der Waals surface area contributed by atoms with Gasteiger partial charge in [0.15, 0.2) is 0 Å². The molecule has 0 saturated heterocycles. The number of hydrogen-bond donors (Lipinski definition) is 2. The molecule has 2 N–H and O–H groups in total. The lowest BCUT2D eigenvalue weighted by atomic mass is 10.3. The van der Waals surface area contributed by atoms with Gasteiger partial charge in [-0.3, -0.25) is 4.79 Å². The molecule has 1 heterocycles. The van der Waals surface area contributed by atoms with E-state index in [9.17, 15) is 4.79 Å². The Morgan fingerprint density at radius 3 is 2.94 bits per heavy atom. The molecule has 1 amide bonds. The Hall–Kier alpha value is -2.01. The average Bonchev–Trinajstić information content (AvgIpc) is 2.90. The summed E-state index contributed by atoms with van der Waals surface area (Å²) in [6.45, 7) is 0.244. The van der Waals surface area contributed by atoms with Crippen LogP contribution in [0, 0.1) is 0 Å². The smallest absolute Gasteiger partial charge is 0.243 e. The van der Waals surface area contributed by atoms with E-state index in [-0.39, 0.29) is 12.5 Å². The van der Waals surface area contributed by atoms with Crippen LogP contribution in [0.4, 0.5) is 11.4 Å². The quantitative estimate of drug-likeness (QED) is 0.871. The van der Waals surface area contributed by atoms with Gasteiger partial charge in [-0.25, -0.2) is 0 Å². The first-order chi connectivity index (χ1) is 8.78. The van der Waals surface area contributed by atoms with Crippen LogP contribution in [0.2, 0.25) is 0 Å². The van der Waals surface area contributed by atoms with Crippen molar-refractivity contribution < 1.29 is 9.53 Å². The van der Waals surface area contributed by atoms with Crippen LogP contribution in [0.3, 0.4) is 0 Å². The van der Waals surface area contributed by atoms with E-state index in [0.717, 1.165) is 17.1 Å². The molecule has 0 aliphatic rings. The number of methoxy groups -OCH3 is 1. The Labute approximate surface area is 110 Å². The van der Waals surface area contributed by atoms with Gasteiger partial charge in [0.05, 0.1) is 13.7 Å². The van der Waals surface area contributed by atoms with Crippen LogP contribution in [0.1, 0.15) is 0 Å². The summed E-state index contributed by atoms with van der Waals surface area (Å²) in [5.74, 6) is 0.632. The Bertz CT molecular complexity index is 511. The molecule has 0 radical (unpaired) electrons. The standard InChI is InChI=1S/C13H14N2O2S/c1-17-12-4-2-3-10(7-12)15-13(16)8-14-11-5-6-18-9-11/h2-7,9,14H,8H2,1H3,(H,15,16). The minimum Gasteiger partial charge on any atom is -0.497 e. The Morgan fingerprint density at radius 1 is 1.33 bits per heavy atom. The van der Waals surface area contributed by atoms with Crippen molar-refractivity contribution in [2.45, 2.75) is 0 Å². The van der Waals surface area contributed by atoms with Gasteiger partial charge in [0.1, 0.15) is 5.75 Å². The third-order valence-corrected chi connectivity index (χ3v) is 3.01. The van der Waals surface area contributed by atoms with E-state index in [1.54, 1.807) is 24.5 Å². The number of nitrogens with one attached hydrogen (secondary N) is 2. The lowest BCUT2D eigenvalue weighted by Gasteiger charge is -2.07. The second kappa shape index (κ2) is 6.07. The van der Waals surface area contributed by atoms with Crippen LogP contribution in [-0.2, 0) is 4.79 Å². The first-order valence-corrected chi connectivity index (χ1v) is 6.42. The molecule has 94 valence electrons. The zero-order valence-electron chi connectivity index (χ0n) is 9.97. The number of amides is 1. The third kappa shape index (κ3) is 3.49. The van der Waals surface area contributed by atoms with Gasteiger partial charge in [0.25, 0.3) is 0 Å². The molecule has 0 atom stereocenters. The molecule has 2 aromatic rings. The molecule has 0 bridgehead atoms. The van der Waals surface area contributed by atoms with Crippen LogP contribution in [0.25, 0.3) is 0 Å². The van der Waals surface area contributed by atoms with E-state index in [1.807, 2.05) is 35.0 Å². The second-order valence-electron chi connectivity index (χ2n) is 3.65. The monoisotopic (exact) mass is 262 g/mol. The number of benzene rings is 1. The van der Waals surface area contributed by atoms with Crippen molar-refractivity contribution >= 4 is 28.6 Å². The second-order valence-corrected chi connectivity index (χ2v) is 4.43. The van der Waals surface area contributed by atoms with Crippen LogP contribution < -0.4 is 15.4 Å². The van der Waals surface area contributed by atoms with E-state index in [4.69, 9.17) is 4.74 Å². The minimum absolute atomic E-state index is 0.0885. The molecule has 0 aliphatic carbocycles. The van der Waals surface area contributed by atoms with Gasteiger partial charge in [0.2, 0.25) is 5.91 Å². The van der Waals surface area contributed by atoms with E-state index >= 15 is 0 Å². The normalized spacial score (nSPS) is 9.83. The highest BCUT2D eigenvalue weighted by Crippen LogP contribution is 2.16. The van der Waals surface area contributed by atoms with Crippen molar-refractivity contribution in [3.05, 3.63) is 41.1 Å². The molecule has 18 heavy (non-hydrogen) atoms. The van der Waals surface area contributed by atoms with Crippen LogP contribution in [-0.4, -0.2) is 19.6 Å². The molecule has 2 rings (SSSR count). The first-order valence-electron chi connectivity index (χ1n) is 5.48. The molecule has 0 aliphatic heterocycles. The fourth-order valence-electron chi connectivity index (χ4n) is 1.45. The van der Waals surface area contributed by atoms with E-state index < -0.39 is 0 Å². The predicted molar refractivity (Wildman–Crippen MR) is 74.4 cm³/mol. The van der Waals surface area contributed by atoms with Crippen molar-refractivity contribution in [1.82, 2.24) is 0 Å². The molecule has 1 aromatic carbocycles. The highest BCUT2D eigenvalue weighted by Gasteiger charge is 2.03. The van der Waals surface area contributed by atoms with Crippen LogP contribution in [0.15, 0.2) is 41.1 Å². The fourth-order valence-corrected chi connectivity index (χ4v) is 2.07. The number of hydrogen-bond acceptors (Lipinski definition) is 4. The molecular weight excluding hydrogens is 248 g/mol. The molecule has 0 fully saturated rings. The van der Waals surface area contributed by atoms with E-state index in [2.05, 4.69) is 10.6 Å². The fraction of sp³-hybridized carbons (Fsp3) is 0.154. The number of carbonyl (C=O) groups excluding carboxylic acids is 1. The molecule has 0 unspecified atom stereocenters. The first kappa shape index (κ1) is 12.4. The van der Waals surface area contributed by atoms with Crippen molar-refractivity contribution in [2.24, 2.45) is 0 Å². The van der Waals surface area contributed by atoms with Gasteiger partial charge in [0, 0.05) is 22.8 Å². The summed E-state index contributed by atoms with van der Waals surface area (Å²) >= 11 is 1.59. The maximum Gasteiger partial charge on any atom is 0.243 e. The maximum absolute atomic E-state index is 11.7. The molecule has 0 saturated carbocycles. The van der Waals surface area contributed by atoms with Crippen molar-refractivity contribution in [3.8, 4) is 5.75 Å². The van der Waals surface area contributed by atoms with Gasteiger partial charge >= 0.3 is 0 Å². The van der Waals surface area contributed by atoms with Gasteiger partial charge in [-0.05, 0) is 23.6 Å². The third-order valence-electron chi connectivity index (χ3n) is 2.33. The summed E-state index contributed by atoms with van der Waals surface area (Å²) in [7, 11) is 1.60. The minimum atomic E-state index is -0.0885. The summed E-state index contributed by atoms with van der Waals surface area (Å²) in [5, 5.41) is 9.76. The average molecular weight is 262 g/mol. The van der Waals surface area contributed by atoms with E-state index in [1.165, 1.54) is 0 Å². The summed E-state index contributed by atoms with van der Waals surface area (Å²) in [4.78, 5) is 11.7. The zero-order chi connectivity index (χ0) is 12.8. The molecular formula is C13H14N2O2S. The lowest BCUT2D eigenvalue weighted by Crippen LogP contribution is -2.21. The SMILES string of the molecule is COc1cccc(NC(=O)CNc2ccsc2)c1. The number of ether oxygens (including phenoxy) is 1. The van der Waals surface area contributed by atoms with Gasteiger partial charge in [-0.2, -0.15) is 11.3 Å². The Kier molecular flexibility index (Phi) is 4.20. The Balaban J connectivity index is 1.86. The van der Waals surface area contributed by atoms with E-state index in [0.29, 0.717) is 0 Å². The topological polar surface area (TPSA) is 50.4 Å². The number of thiophene rings is 1. The van der Waals surface area contributed by atoms with Gasteiger partial charge in [-0.15, -0.1) is 0 Å². The number of anilines is 2. The number of carbonyl (C=O) groups is 1. The summed E-state index contributed by atoms with van der Waals surface area (Å²) in [6.07, 6.45) is 0.